The monoisotopic (exact) mass is 356 g/mol. The summed E-state index contributed by atoms with van der Waals surface area (Å²) in [5.41, 5.74) is 2.03. The van der Waals surface area contributed by atoms with E-state index < -0.39 is 5.97 Å². The molecule has 0 aromatic heterocycles. The summed E-state index contributed by atoms with van der Waals surface area (Å²) < 4.78 is 5.33. The molecule has 0 bridgehead atoms. The Kier molecular flexibility index (Phi) is 5.60. The standard InChI is InChI=1S/C22H16N2O3/c23-14-17-8-4-10-19(12-17)22(26)27-20-11-5-9-18(13-20)21(25)24-15-16-6-2-1-3-7-16/h1-13H,15H2,(H,24,25). The molecule has 27 heavy (non-hydrogen) atoms. The van der Waals surface area contributed by atoms with E-state index >= 15 is 0 Å². The Morgan fingerprint density at radius 1 is 0.889 bits per heavy atom. The van der Waals surface area contributed by atoms with Gasteiger partial charge in [0.05, 0.1) is 17.2 Å². The van der Waals surface area contributed by atoms with Crippen LogP contribution in [0.2, 0.25) is 0 Å². The zero-order valence-electron chi connectivity index (χ0n) is 14.4. The second-order valence-electron chi connectivity index (χ2n) is 5.78. The summed E-state index contributed by atoms with van der Waals surface area (Å²) in [6, 6.07) is 24.2. The van der Waals surface area contributed by atoms with Gasteiger partial charge in [0.15, 0.2) is 0 Å². The van der Waals surface area contributed by atoms with E-state index in [2.05, 4.69) is 5.32 Å². The number of rotatable bonds is 5. The number of benzene rings is 3. The molecule has 0 radical (unpaired) electrons. The van der Waals surface area contributed by atoms with Gasteiger partial charge in [-0.15, -0.1) is 0 Å². The van der Waals surface area contributed by atoms with Gasteiger partial charge in [-0.3, -0.25) is 4.79 Å². The van der Waals surface area contributed by atoms with Crippen LogP contribution < -0.4 is 10.1 Å². The Hall–Kier alpha value is -3.91. The van der Waals surface area contributed by atoms with Gasteiger partial charge in [0, 0.05) is 12.1 Å². The summed E-state index contributed by atoms with van der Waals surface area (Å²) in [6.07, 6.45) is 0. The van der Waals surface area contributed by atoms with Crippen molar-refractivity contribution in [1.82, 2.24) is 5.32 Å². The first-order chi connectivity index (χ1) is 13.2. The lowest BCUT2D eigenvalue weighted by atomic mass is 10.1. The van der Waals surface area contributed by atoms with Crippen LogP contribution in [-0.4, -0.2) is 11.9 Å². The number of nitrogens with one attached hydrogen (secondary N) is 1. The summed E-state index contributed by atoms with van der Waals surface area (Å²) in [5, 5.41) is 11.7. The number of carbonyl (C=O) groups excluding carboxylic acids is 2. The van der Waals surface area contributed by atoms with Crippen LogP contribution in [0.4, 0.5) is 0 Å². The predicted octanol–water partition coefficient (Wildman–Crippen LogP) is 3.71. The van der Waals surface area contributed by atoms with Gasteiger partial charge in [0.25, 0.3) is 5.91 Å². The van der Waals surface area contributed by atoms with Crippen molar-refractivity contribution < 1.29 is 14.3 Å². The van der Waals surface area contributed by atoms with E-state index in [-0.39, 0.29) is 17.2 Å². The Labute approximate surface area is 156 Å². The minimum Gasteiger partial charge on any atom is -0.423 e. The topological polar surface area (TPSA) is 79.2 Å². The molecule has 0 saturated carbocycles. The van der Waals surface area contributed by atoms with Crippen LogP contribution in [0, 0.1) is 11.3 Å². The predicted molar refractivity (Wildman–Crippen MR) is 100 cm³/mol. The number of hydrogen-bond donors (Lipinski definition) is 1. The lowest BCUT2D eigenvalue weighted by molar-refractivity contribution is 0.0733. The summed E-state index contributed by atoms with van der Waals surface area (Å²) in [6.45, 7) is 0.407. The van der Waals surface area contributed by atoms with Gasteiger partial charge in [0.2, 0.25) is 0 Å². The second kappa shape index (κ2) is 8.45. The smallest absolute Gasteiger partial charge is 0.343 e. The van der Waals surface area contributed by atoms with Crippen molar-refractivity contribution in [2.24, 2.45) is 0 Å². The maximum Gasteiger partial charge on any atom is 0.343 e. The molecule has 0 heterocycles. The molecule has 0 saturated heterocycles. The zero-order valence-corrected chi connectivity index (χ0v) is 14.4. The fourth-order valence-electron chi connectivity index (χ4n) is 2.46. The highest BCUT2D eigenvalue weighted by molar-refractivity contribution is 5.95. The number of carbonyl (C=O) groups is 2. The van der Waals surface area contributed by atoms with E-state index in [0.717, 1.165) is 5.56 Å². The molecular formula is C22H16N2O3. The molecule has 0 aliphatic carbocycles. The first kappa shape index (κ1) is 17.9. The number of nitrogens with zero attached hydrogens (tertiary/aromatic N) is 1. The minimum atomic E-state index is -0.589. The Balaban J connectivity index is 1.67. The molecule has 3 rings (SSSR count). The number of hydrogen-bond acceptors (Lipinski definition) is 4. The average molecular weight is 356 g/mol. The van der Waals surface area contributed by atoms with E-state index in [1.54, 1.807) is 36.4 Å². The normalized spacial score (nSPS) is 9.89. The Morgan fingerprint density at radius 2 is 1.63 bits per heavy atom. The molecule has 3 aromatic carbocycles. The third kappa shape index (κ3) is 4.80. The molecule has 5 heteroatoms. The molecule has 3 aromatic rings. The summed E-state index contributed by atoms with van der Waals surface area (Å²) >= 11 is 0. The quantitative estimate of drug-likeness (QED) is 0.558. The molecule has 5 nitrogen and oxygen atoms in total. The van der Waals surface area contributed by atoms with E-state index in [9.17, 15) is 9.59 Å². The van der Waals surface area contributed by atoms with Crippen molar-refractivity contribution >= 4 is 11.9 Å². The Bertz CT molecular complexity index is 1010. The van der Waals surface area contributed by atoms with Crippen LogP contribution in [-0.2, 0) is 6.54 Å². The molecule has 1 amide bonds. The molecule has 0 aliphatic rings. The van der Waals surface area contributed by atoms with Gasteiger partial charge in [-0.05, 0) is 42.0 Å². The first-order valence-electron chi connectivity index (χ1n) is 8.30. The second-order valence-corrected chi connectivity index (χ2v) is 5.78. The van der Waals surface area contributed by atoms with Crippen molar-refractivity contribution in [2.75, 3.05) is 0 Å². The van der Waals surface area contributed by atoms with Gasteiger partial charge >= 0.3 is 5.97 Å². The number of nitriles is 1. The van der Waals surface area contributed by atoms with Crippen molar-refractivity contribution in [3.05, 3.63) is 101 Å². The zero-order chi connectivity index (χ0) is 19.1. The van der Waals surface area contributed by atoms with Crippen molar-refractivity contribution in [3.8, 4) is 11.8 Å². The fraction of sp³-hybridized carbons (Fsp3) is 0.0455. The van der Waals surface area contributed by atoms with Crippen molar-refractivity contribution in [2.45, 2.75) is 6.54 Å². The highest BCUT2D eigenvalue weighted by Crippen LogP contribution is 2.16. The van der Waals surface area contributed by atoms with Crippen LogP contribution in [0.1, 0.15) is 31.8 Å². The number of ether oxygens (including phenoxy) is 1. The van der Waals surface area contributed by atoms with E-state index in [4.69, 9.17) is 10.00 Å². The molecule has 0 unspecified atom stereocenters. The summed E-state index contributed by atoms with van der Waals surface area (Å²) in [7, 11) is 0. The average Bonchev–Trinajstić information content (AvgIpc) is 2.73. The largest absolute Gasteiger partial charge is 0.423 e. The third-order valence-electron chi connectivity index (χ3n) is 3.83. The molecular weight excluding hydrogens is 340 g/mol. The summed E-state index contributed by atoms with van der Waals surface area (Å²) in [5.74, 6) is -0.591. The summed E-state index contributed by atoms with van der Waals surface area (Å²) in [4.78, 5) is 24.6. The maximum atomic E-state index is 12.3. The van der Waals surface area contributed by atoms with Gasteiger partial charge in [0.1, 0.15) is 5.75 Å². The van der Waals surface area contributed by atoms with Gasteiger partial charge in [-0.25, -0.2) is 4.79 Å². The van der Waals surface area contributed by atoms with Crippen molar-refractivity contribution in [1.29, 1.82) is 5.26 Å². The molecule has 0 aliphatic heterocycles. The maximum absolute atomic E-state index is 12.3. The lowest BCUT2D eigenvalue weighted by Gasteiger charge is -2.08. The molecule has 132 valence electrons. The van der Waals surface area contributed by atoms with Gasteiger partial charge < -0.3 is 10.1 Å². The third-order valence-corrected chi connectivity index (χ3v) is 3.83. The van der Waals surface area contributed by atoms with Gasteiger partial charge in [-0.1, -0.05) is 42.5 Å². The van der Waals surface area contributed by atoms with Crippen LogP contribution in [0.15, 0.2) is 78.9 Å². The molecule has 0 spiro atoms. The van der Waals surface area contributed by atoms with Crippen LogP contribution in [0.3, 0.4) is 0 Å². The SMILES string of the molecule is N#Cc1cccc(C(=O)Oc2cccc(C(=O)NCc3ccccc3)c2)c1. The highest BCUT2D eigenvalue weighted by Gasteiger charge is 2.12. The van der Waals surface area contributed by atoms with Crippen LogP contribution in [0.5, 0.6) is 5.75 Å². The molecule has 0 atom stereocenters. The van der Waals surface area contributed by atoms with E-state index in [1.807, 2.05) is 36.4 Å². The van der Waals surface area contributed by atoms with E-state index in [0.29, 0.717) is 17.7 Å². The van der Waals surface area contributed by atoms with Crippen molar-refractivity contribution in [3.63, 3.8) is 0 Å². The fourth-order valence-corrected chi connectivity index (χ4v) is 2.46. The Morgan fingerprint density at radius 3 is 2.41 bits per heavy atom. The minimum absolute atomic E-state index is 0.259. The number of amides is 1. The highest BCUT2D eigenvalue weighted by atomic mass is 16.5. The number of esters is 1. The van der Waals surface area contributed by atoms with Gasteiger partial charge in [-0.2, -0.15) is 5.26 Å². The van der Waals surface area contributed by atoms with Crippen LogP contribution in [0.25, 0.3) is 0 Å². The lowest BCUT2D eigenvalue weighted by Crippen LogP contribution is -2.22. The first-order valence-corrected chi connectivity index (χ1v) is 8.30. The molecule has 0 fully saturated rings. The molecule has 1 N–H and O–H groups in total. The van der Waals surface area contributed by atoms with E-state index in [1.165, 1.54) is 12.1 Å². The van der Waals surface area contributed by atoms with Crippen LogP contribution >= 0.6 is 0 Å².